The Hall–Kier alpha value is -3.50. The third-order valence-corrected chi connectivity index (χ3v) is 8.06. The Balaban J connectivity index is 1.34. The molecule has 1 saturated heterocycles. The summed E-state index contributed by atoms with van der Waals surface area (Å²) in [6.45, 7) is 4.71. The number of hydrogen-bond acceptors (Lipinski definition) is 7. The fourth-order valence-corrected chi connectivity index (χ4v) is 5.97. The van der Waals surface area contributed by atoms with E-state index in [0.29, 0.717) is 12.4 Å². The number of aromatic nitrogens is 2. The van der Waals surface area contributed by atoms with Gasteiger partial charge in [-0.3, -0.25) is 18.8 Å². The van der Waals surface area contributed by atoms with Crippen LogP contribution in [0.4, 0.5) is 17.2 Å². The lowest BCUT2D eigenvalue weighted by molar-refractivity contribution is 0.0697. The maximum Gasteiger partial charge on any atom is 0.335 e. The number of carboxylic acids is 1. The van der Waals surface area contributed by atoms with E-state index in [9.17, 15) is 19.5 Å². The summed E-state index contributed by atoms with van der Waals surface area (Å²) >= 11 is 1.66. The first-order valence-corrected chi connectivity index (χ1v) is 12.8. The molecule has 0 atom stereocenters. The maximum atomic E-state index is 12.4. The highest BCUT2D eigenvalue weighted by Crippen LogP contribution is 2.48. The molecular weight excluding hydrogens is 478 g/mol. The van der Waals surface area contributed by atoms with Crippen molar-refractivity contribution >= 4 is 34.9 Å². The number of hydrogen-bond donors (Lipinski definition) is 1. The molecule has 0 saturated carbocycles. The number of rotatable bonds is 5. The summed E-state index contributed by atoms with van der Waals surface area (Å²) in [5.74, 6) is -0.276. The van der Waals surface area contributed by atoms with Crippen molar-refractivity contribution in [2.24, 2.45) is 14.1 Å². The van der Waals surface area contributed by atoms with Gasteiger partial charge in [-0.1, -0.05) is 23.9 Å². The maximum absolute atomic E-state index is 12.4. The van der Waals surface area contributed by atoms with Gasteiger partial charge < -0.3 is 14.9 Å². The molecule has 0 spiro atoms. The SMILES string of the molecule is Cn1c(N2CCCN(CCN3c4ccccc4Sc4ccc(C(=O)O)cc43)CC2)cc(=O)n(C)c1=O. The summed E-state index contributed by atoms with van der Waals surface area (Å²) in [6, 6.07) is 15.1. The van der Waals surface area contributed by atoms with Crippen LogP contribution in [-0.2, 0) is 14.1 Å². The normalized spacial score (nSPS) is 15.8. The van der Waals surface area contributed by atoms with Crippen molar-refractivity contribution in [3.05, 3.63) is 74.9 Å². The summed E-state index contributed by atoms with van der Waals surface area (Å²) in [5.41, 5.74) is 1.67. The lowest BCUT2D eigenvalue weighted by Crippen LogP contribution is -2.41. The van der Waals surface area contributed by atoms with E-state index in [1.165, 1.54) is 17.7 Å². The Bertz CT molecular complexity index is 1430. The summed E-state index contributed by atoms with van der Waals surface area (Å²) in [7, 11) is 3.20. The van der Waals surface area contributed by atoms with Crippen molar-refractivity contribution in [3.63, 3.8) is 0 Å². The van der Waals surface area contributed by atoms with Gasteiger partial charge in [0.05, 0.1) is 16.9 Å². The zero-order chi connectivity index (χ0) is 25.4. The van der Waals surface area contributed by atoms with Crippen molar-refractivity contribution in [2.75, 3.05) is 49.1 Å². The molecule has 9 nitrogen and oxygen atoms in total. The average Bonchev–Trinajstić information content (AvgIpc) is 3.12. The highest BCUT2D eigenvalue weighted by Gasteiger charge is 2.25. The van der Waals surface area contributed by atoms with E-state index in [0.717, 1.165) is 64.9 Å². The molecule has 1 fully saturated rings. The fraction of sp³-hybridized carbons (Fsp3) is 0.346. The second kappa shape index (κ2) is 9.87. The first kappa shape index (κ1) is 24.2. The molecule has 2 aliphatic heterocycles. The van der Waals surface area contributed by atoms with Crippen molar-refractivity contribution in [1.29, 1.82) is 0 Å². The lowest BCUT2D eigenvalue weighted by atomic mass is 10.1. The molecular formula is C26H29N5O4S. The van der Waals surface area contributed by atoms with Crippen LogP contribution >= 0.6 is 11.8 Å². The molecule has 2 aliphatic rings. The molecule has 0 amide bonds. The van der Waals surface area contributed by atoms with Crippen LogP contribution in [0.15, 0.2) is 67.9 Å². The van der Waals surface area contributed by atoms with Crippen molar-refractivity contribution in [2.45, 2.75) is 16.2 Å². The van der Waals surface area contributed by atoms with Crippen molar-refractivity contribution in [3.8, 4) is 0 Å². The average molecular weight is 508 g/mol. The van der Waals surface area contributed by atoms with Crippen LogP contribution < -0.4 is 21.0 Å². The minimum absolute atomic E-state index is 0.281. The highest BCUT2D eigenvalue weighted by molar-refractivity contribution is 7.99. The van der Waals surface area contributed by atoms with Crippen LogP contribution in [-0.4, -0.2) is 64.4 Å². The number of aromatic carboxylic acids is 1. The van der Waals surface area contributed by atoms with E-state index in [-0.39, 0.29) is 16.8 Å². The monoisotopic (exact) mass is 507 g/mol. The molecule has 2 aromatic carbocycles. The molecule has 36 heavy (non-hydrogen) atoms. The first-order valence-electron chi connectivity index (χ1n) is 12.0. The van der Waals surface area contributed by atoms with E-state index in [2.05, 4.69) is 26.8 Å². The largest absolute Gasteiger partial charge is 0.478 e. The number of benzene rings is 2. The summed E-state index contributed by atoms with van der Waals surface area (Å²) in [5, 5.41) is 9.54. The van der Waals surface area contributed by atoms with E-state index in [1.807, 2.05) is 18.2 Å². The number of carboxylic acid groups (broad SMARTS) is 1. The van der Waals surface area contributed by atoms with Gasteiger partial charge in [-0.05, 0) is 43.3 Å². The van der Waals surface area contributed by atoms with E-state index in [4.69, 9.17) is 0 Å². The molecule has 3 heterocycles. The van der Waals surface area contributed by atoms with Crippen molar-refractivity contribution in [1.82, 2.24) is 14.0 Å². The Morgan fingerprint density at radius 2 is 1.67 bits per heavy atom. The van der Waals surface area contributed by atoms with E-state index >= 15 is 0 Å². The van der Waals surface area contributed by atoms with Gasteiger partial charge in [0.15, 0.2) is 0 Å². The van der Waals surface area contributed by atoms with Crippen LogP contribution in [0.3, 0.4) is 0 Å². The topological polar surface area (TPSA) is 91.0 Å². The molecule has 10 heteroatoms. The van der Waals surface area contributed by atoms with Crippen molar-refractivity contribution < 1.29 is 9.90 Å². The minimum Gasteiger partial charge on any atom is -0.478 e. The van der Waals surface area contributed by atoms with Gasteiger partial charge in [-0.15, -0.1) is 0 Å². The molecule has 5 rings (SSSR count). The Morgan fingerprint density at radius 1 is 0.889 bits per heavy atom. The van der Waals surface area contributed by atoms with Crippen LogP contribution in [0.5, 0.6) is 0 Å². The quantitative estimate of drug-likeness (QED) is 0.564. The molecule has 1 aromatic heterocycles. The minimum atomic E-state index is -0.931. The molecule has 3 aromatic rings. The van der Waals surface area contributed by atoms with Gasteiger partial charge in [0, 0.05) is 62.7 Å². The fourth-order valence-electron chi connectivity index (χ4n) is 4.89. The number of nitrogens with zero attached hydrogens (tertiary/aromatic N) is 5. The molecule has 1 N–H and O–H groups in total. The lowest BCUT2D eigenvalue weighted by Gasteiger charge is -2.34. The second-order valence-corrected chi connectivity index (χ2v) is 10.2. The number of anilines is 3. The first-order chi connectivity index (χ1) is 17.3. The molecule has 0 bridgehead atoms. The van der Waals surface area contributed by atoms with Crippen LogP contribution in [0.2, 0.25) is 0 Å². The summed E-state index contributed by atoms with van der Waals surface area (Å²) in [4.78, 5) is 45.2. The summed E-state index contributed by atoms with van der Waals surface area (Å²) in [6.07, 6.45) is 0.912. The molecule has 188 valence electrons. The van der Waals surface area contributed by atoms with Crippen LogP contribution in [0, 0.1) is 0 Å². The predicted octanol–water partition coefficient (Wildman–Crippen LogP) is 2.60. The van der Waals surface area contributed by atoms with E-state index in [1.54, 1.807) is 30.9 Å². The highest BCUT2D eigenvalue weighted by atomic mass is 32.2. The van der Waals surface area contributed by atoms with Crippen LogP contribution in [0.1, 0.15) is 16.8 Å². The summed E-state index contributed by atoms with van der Waals surface area (Å²) < 4.78 is 2.66. The standard InChI is InChI=1S/C26H29N5O4S/c1-27-23(17-24(32)28(2)26(27)35)30-11-5-10-29(12-14-30)13-15-31-19-6-3-4-7-21(19)36-22-9-8-18(25(33)34)16-20(22)31/h3-4,6-9,16-17H,5,10-15H2,1-2H3,(H,33,34). The number of fused-ring (bicyclic) bond motifs is 2. The Morgan fingerprint density at radius 3 is 2.47 bits per heavy atom. The molecule has 0 radical (unpaired) electrons. The zero-order valence-corrected chi connectivity index (χ0v) is 21.2. The Kier molecular flexibility index (Phi) is 6.63. The predicted molar refractivity (Wildman–Crippen MR) is 141 cm³/mol. The molecule has 0 aliphatic carbocycles. The number of carbonyl (C=O) groups is 1. The third kappa shape index (κ3) is 4.54. The van der Waals surface area contributed by atoms with Gasteiger partial charge in [0.2, 0.25) is 0 Å². The smallest absolute Gasteiger partial charge is 0.335 e. The van der Waals surface area contributed by atoms with Gasteiger partial charge in [0.1, 0.15) is 5.82 Å². The van der Waals surface area contributed by atoms with Crippen LogP contribution in [0.25, 0.3) is 0 Å². The van der Waals surface area contributed by atoms with E-state index < -0.39 is 5.97 Å². The Labute approximate surface area is 213 Å². The van der Waals surface area contributed by atoms with Gasteiger partial charge in [-0.25, -0.2) is 9.59 Å². The van der Waals surface area contributed by atoms with Gasteiger partial charge >= 0.3 is 11.7 Å². The third-order valence-electron chi connectivity index (χ3n) is 6.93. The molecule has 0 unspecified atom stereocenters. The second-order valence-electron chi connectivity index (χ2n) is 9.13. The van der Waals surface area contributed by atoms with Gasteiger partial charge in [0.25, 0.3) is 5.56 Å². The zero-order valence-electron chi connectivity index (χ0n) is 20.4. The van der Waals surface area contributed by atoms with Gasteiger partial charge in [-0.2, -0.15) is 0 Å². The number of para-hydroxylation sites is 1.